The molecule has 84 valence electrons. The van der Waals surface area contributed by atoms with Crippen LogP contribution in [-0.4, -0.2) is 40.1 Å². The molecule has 1 aliphatic rings. The molecule has 0 amide bonds. The zero-order valence-corrected chi connectivity index (χ0v) is 9.73. The second-order valence-corrected chi connectivity index (χ2v) is 6.31. The molecule has 0 spiro atoms. The number of ether oxygens (including phenoxy) is 2. The summed E-state index contributed by atoms with van der Waals surface area (Å²) < 4.78 is 32.6. The molecular formula is C8H15ClO4S. The van der Waals surface area contributed by atoms with Gasteiger partial charge in [-0.25, -0.2) is 8.42 Å². The van der Waals surface area contributed by atoms with Crippen LogP contribution < -0.4 is 0 Å². The highest BCUT2D eigenvalue weighted by atomic mass is 35.7. The van der Waals surface area contributed by atoms with Gasteiger partial charge in [-0.2, -0.15) is 0 Å². The fourth-order valence-electron chi connectivity index (χ4n) is 1.70. The maximum atomic E-state index is 11.0. The van der Waals surface area contributed by atoms with E-state index in [4.69, 9.17) is 20.2 Å². The van der Waals surface area contributed by atoms with Crippen LogP contribution in [-0.2, 0) is 18.5 Å². The third-order valence-electron chi connectivity index (χ3n) is 2.49. The summed E-state index contributed by atoms with van der Waals surface area (Å²) in [6.07, 6.45) is 2.06. The van der Waals surface area contributed by atoms with Crippen molar-refractivity contribution in [2.24, 2.45) is 0 Å². The topological polar surface area (TPSA) is 52.6 Å². The maximum Gasteiger partial charge on any atom is 0.235 e. The van der Waals surface area contributed by atoms with Gasteiger partial charge in [0.15, 0.2) is 0 Å². The normalized spacial score (nSPS) is 29.9. The van der Waals surface area contributed by atoms with E-state index < -0.39 is 14.7 Å². The predicted molar refractivity (Wildman–Crippen MR) is 54.0 cm³/mol. The third kappa shape index (κ3) is 3.73. The minimum absolute atomic E-state index is 0.137. The Hall–Kier alpha value is 0.160. The fraction of sp³-hybridized carbons (Fsp3) is 1.00. The Kier molecular flexibility index (Phi) is 4.18. The zero-order chi connectivity index (χ0) is 10.7. The van der Waals surface area contributed by atoms with Crippen molar-refractivity contribution in [3.8, 4) is 0 Å². The van der Waals surface area contributed by atoms with Crippen LogP contribution in [0.4, 0.5) is 0 Å². The fourth-order valence-corrected chi connectivity index (χ4v) is 3.33. The summed E-state index contributed by atoms with van der Waals surface area (Å²) in [5.74, 6) is -0.137. The van der Waals surface area contributed by atoms with Crippen molar-refractivity contribution in [3.63, 3.8) is 0 Å². The molecule has 1 aliphatic heterocycles. The van der Waals surface area contributed by atoms with E-state index in [0.29, 0.717) is 26.1 Å². The van der Waals surface area contributed by atoms with Crippen LogP contribution in [0.2, 0.25) is 0 Å². The molecular weight excluding hydrogens is 228 g/mol. The molecule has 0 aromatic rings. The molecule has 1 unspecified atom stereocenters. The van der Waals surface area contributed by atoms with Crippen molar-refractivity contribution in [1.29, 1.82) is 0 Å². The van der Waals surface area contributed by atoms with Crippen LogP contribution >= 0.6 is 10.7 Å². The van der Waals surface area contributed by atoms with Crippen molar-refractivity contribution in [2.45, 2.75) is 24.9 Å². The van der Waals surface area contributed by atoms with E-state index in [1.54, 1.807) is 0 Å². The van der Waals surface area contributed by atoms with Crippen molar-refractivity contribution < 1.29 is 17.9 Å². The Balaban J connectivity index is 2.72. The van der Waals surface area contributed by atoms with Gasteiger partial charge in [0.05, 0.1) is 11.4 Å². The minimum atomic E-state index is -3.52. The van der Waals surface area contributed by atoms with Gasteiger partial charge in [-0.3, -0.25) is 0 Å². The first-order valence-electron chi connectivity index (χ1n) is 4.53. The van der Waals surface area contributed by atoms with Crippen molar-refractivity contribution in [1.82, 2.24) is 0 Å². The van der Waals surface area contributed by atoms with E-state index >= 15 is 0 Å². The van der Waals surface area contributed by atoms with Gasteiger partial charge < -0.3 is 9.47 Å². The smallest absolute Gasteiger partial charge is 0.235 e. The van der Waals surface area contributed by atoms with E-state index in [1.165, 1.54) is 7.11 Å². The Bertz CT molecular complexity index is 267. The largest absolute Gasteiger partial charge is 0.381 e. The molecule has 0 radical (unpaired) electrons. The molecule has 1 heterocycles. The summed E-state index contributed by atoms with van der Waals surface area (Å²) in [7, 11) is 3.24. The van der Waals surface area contributed by atoms with Crippen LogP contribution in [0.15, 0.2) is 0 Å². The molecule has 1 saturated heterocycles. The summed E-state index contributed by atoms with van der Waals surface area (Å²) in [5.41, 5.74) is -0.656. The van der Waals surface area contributed by atoms with Crippen molar-refractivity contribution in [3.05, 3.63) is 0 Å². The van der Waals surface area contributed by atoms with E-state index in [9.17, 15) is 8.42 Å². The van der Waals surface area contributed by atoms with Crippen LogP contribution in [0, 0.1) is 0 Å². The van der Waals surface area contributed by atoms with Crippen molar-refractivity contribution in [2.75, 3.05) is 26.1 Å². The highest BCUT2D eigenvalue weighted by Gasteiger charge is 2.35. The lowest BCUT2D eigenvalue weighted by Crippen LogP contribution is -2.38. The van der Waals surface area contributed by atoms with Crippen LogP contribution in [0.25, 0.3) is 0 Å². The van der Waals surface area contributed by atoms with Gasteiger partial charge >= 0.3 is 0 Å². The predicted octanol–water partition coefficient (Wildman–Crippen LogP) is 1.14. The molecule has 1 fully saturated rings. The highest BCUT2D eigenvalue weighted by Crippen LogP contribution is 2.27. The molecule has 0 aliphatic carbocycles. The molecule has 0 bridgehead atoms. The number of methoxy groups -OCH3 is 1. The van der Waals surface area contributed by atoms with Gasteiger partial charge in [0.2, 0.25) is 9.05 Å². The van der Waals surface area contributed by atoms with Gasteiger partial charge in [-0.15, -0.1) is 0 Å². The first-order valence-corrected chi connectivity index (χ1v) is 7.01. The van der Waals surface area contributed by atoms with Crippen LogP contribution in [0.3, 0.4) is 0 Å². The second-order valence-electron chi connectivity index (χ2n) is 3.54. The van der Waals surface area contributed by atoms with Crippen LogP contribution in [0.5, 0.6) is 0 Å². The summed E-state index contributed by atoms with van der Waals surface area (Å²) in [6.45, 7) is 1.19. The van der Waals surface area contributed by atoms with Crippen molar-refractivity contribution >= 4 is 19.7 Å². The Morgan fingerprint density at radius 2 is 2.14 bits per heavy atom. The second kappa shape index (κ2) is 4.79. The number of rotatable bonds is 3. The molecule has 0 aromatic heterocycles. The Morgan fingerprint density at radius 3 is 2.71 bits per heavy atom. The van der Waals surface area contributed by atoms with Gasteiger partial charge in [-0.1, -0.05) is 0 Å². The van der Waals surface area contributed by atoms with Gasteiger partial charge in [-0.05, 0) is 12.8 Å². The molecule has 0 saturated carbocycles. The average molecular weight is 243 g/mol. The summed E-state index contributed by atoms with van der Waals surface area (Å²) in [4.78, 5) is 0. The molecule has 6 heteroatoms. The van der Waals surface area contributed by atoms with Gasteiger partial charge in [0, 0.05) is 37.4 Å². The summed E-state index contributed by atoms with van der Waals surface area (Å²) in [5, 5.41) is 0. The summed E-state index contributed by atoms with van der Waals surface area (Å²) in [6, 6.07) is 0. The number of halogens is 1. The molecule has 14 heavy (non-hydrogen) atoms. The SMILES string of the molecule is COC1(CS(=O)(=O)Cl)CCCOCC1. The average Bonchev–Trinajstić information content (AvgIpc) is 2.28. The molecule has 1 atom stereocenters. The highest BCUT2D eigenvalue weighted by molar-refractivity contribution is 8.13. The molecule has 4 nitrogen and oxygen atoms in total. The van der Waals surface area contributed by atoms with E-state index in [1.807, 2.05) is 0 Å². The molecule has 0 aromatic carbocycles. The Labute approximate surface area is 88.9 Å². The molecule has 1 rings (SSSR count). The lowest BCUT2D eigenvalue weighted by Gasteiger charge is -2.29. The standard InChI is InChI=1S/C8H15ClO4S/c1-12-8(7-14(9,10)11)3-2-5-13-6-4-8/h2-7H2,1H3. The zero-order valence-electron chi connectivity index (χ0n) is 8.16. The van der Waals surface area contributed by atoms with Crippen LogP contribution in [0.1, 0.15) is 19.3 Å². The molecule has 0 N–H and O–H groups in total. The Morgan fingerprint density at radius 1 is 1.43 bits per heavy atom. The van der Waals surface area contributed by atoms with E-state index in [0.717, 1.165) is 6.42 Å². The minimum Gasteiger partial charge on any atom is -0.381 e. The number of hydrogen-bond acceptors (Lipinski definition) is 4. The lowest BCUT2D eigenvalue weighted by atomic mass is 9.97. The first kappa shape index (κ1) is 12.2. The maximum absolute atomic E-state index is 11.0. The third-order valence-corrected chi connectivity index (χ3v) is 3.69. The van der Waals surface area contributed by atoms with E-state index in [2.05, 4.69) is 0 Å². The van der Waals surface area contributed by atoms with E-state index in [-0.39, 0.29) is 5.75 Å². The van der Waals surface area contributed by atoms with Gasteiger partial charge in [0.1, 0.15) is 0 Å². The van der Waals surface area contributed by atoms with Gasteiger partial charge in [0.25, 0.3) is 0 Å². The lowest BCUT2D eigenvalue weighted by molar-refractivity contribution is -0.00709. The number of hydrogen-bond donors (Lipinski definition) is 0. The summed E-state index contributed by atoms with van der Waals surface area (Å²) >= 11 is 0. The quantitative estimate of drug-likeness (QED) is 0.697. The first-order chi connectivity index (χ1) is 6.47. The monoisotopic (exact) mass is 242 g/mol.